The van der Waals surface area contributed by atoms with Crippen molar-refractivity contribution in [3.05, 3.63) is 24.4 Å². The first kappa shape index (κ1) is 8.35. The molecule has 1 aliphatic heterocycles. The number of piperidine rings is 1. The second kappa shape index (κ2) is 3.64. The van der Waals surface area contributed by atoms with Crippen LogP contribution in [0.15, 0.2) is 24.4 Å². The molecule has 0 saturated carbocycles. The Balaban J connectivity index is 2.18. The van der Waals surface area contributed by atoms with E-state index in [2.05, 4.69) is 9.69 Å². The minimum Gasteiger partial charge on any atom is -0.285 e. The van der Waals surface area contributed by atoms with E-state index in [9.17, 15) is 0 Å². The second-order valence-corrected chi connectivity index (χ2v) is 3.48. The number of rotatable bonds is 1. The van der Waals surface area contributed by atoms with Crippen LogP contribution in [0.2, 0.25) is 0 Å². The number of pyridine rings is 1. The summed E-state index contributed by atoms with van der Waals surface area (Å²) in [6.45, 7) is 2.25. The summed E-state index contributed by atoms with van der Waals surface area (Å²) in [5.74, 6) is 0.824. The lowest BCUT2D eigenvalue weighted by molar-refractivity contribution is -0.680. The van der Waals surface area contributed by atoms with E-state index in [4.69, 9.17) is 5.73 Å². The maximum atomic E-state index is 5.87. The SMILES string of the molecule is Nc1cccc[n+]1N1CCCCC1. The van der Waals surface area contributed by atoms with Crippen LogP contribution in [0.1, 0.15) is 19.3 Å². The summed E-state index contributed by atoms with van der Waals surface area (Å²) in [4.78, 5) is 0. The molecule has 2 heterocycles. The zero-order chi connectivity index (χ0) is 9.10. The molecule has 1 aromatic rings. The van der Waals surface area contributed by atoms with Crippen molar-refractivity contribution >= 4 is 5.82 Å². The minimum absolute atomic E-state index is 0.824. The lowest BCUT2D eigenvalue weighted by Gasteiger charge is -2.26. The van der Waals surface area contributed by atoms with Crippen LogP contribution in [0.25, 0.3) is 0 Å². The number of nitrogens with zero attached hydrogens (tertiary/aromatic N) is 2. The summed E-state index contributed by atoms with van der Waals surface area (Å²) in [6.07, 6.45) is 5.94. The second-order valence-electron chi connectivity index (χ2n) is 3.48. The van der Waals surface area contributed by atoms with Crippen LogP contribution in [-0.2, 0) is 0 Å². The van der Waals surface area contributed by atoms with Crippen LogP contribution in [0, 0.1) is 0 Å². The van der Waals surface area contributed by atoms with Gasteiger partial charge in [-0.1, -0.05) is 6.07 Å². The number of aromatic nitrogens is 1. The standard InChI is InChI=1S/C10H15N3/c11-10-6-2-5-9-13(10)12-7-3-1-4-8-12/h2,5-6,9,11H,1,3-4,7-8H2/p+1. The Bertz CT molecular complexity index is 279. The van der Waals surface area contributed by atoms with Gasteiger partial charge in [0.2, 0.25) is 0 Å². The molecule has 13 heavy (non-hydrogen) atoms. The molecular weight excluding hydrogens is 162 g/mol. The Morgan fingerprint density at radius 2 is 1.92 bits per heavy atom. The van der Waals surface area contributed by atoms with Crippen LogP contribution in [0.5, 0.6) is 0 Å². The van der Waals surface area contributed by atoms with Crippen LogP contribution >= 0.6 is 0 Å². The Kier molecular flexibility index (Phi) is 2.34. The van der Waals surface area contributed by atoms with E-state index in [0.29, 0.717) is 0 Å². The van der Waals surface area contributed by atoms with Gasteiger partial charge >= 0.3 is 0 Å². The molecule has 2 rings (SSSR count). The molecule has 0 spiro atoms. The van der Waals surface area contributed by atoms with Gasteiger partial charge in [0, 0.05) is 6.07 Å². The van der Waals surface area contributed by atoms with Gasteiger partial charge in [0.05, 0.1) is 13.1 Å². The predicted molar refractivity (Wildman–Crippen MR) is 52.9 cm³/mol. The summed E-state index contributed by atoms with van der Waals surface area (Å²) in [7, 11) is 0. The molecule has 0 radical (unpaired) electrons. The third-order valence-electron chi connectivity index (χ3n) is 2.51. The molecule has 0 unspecified atom stereocenters. The largest absolute Gasteiger partial charge is 0.295 e. The average molecular weight is 178 g/mol. The van der Waals surface area contributed by atoms with Crippen molar-refractivity contribution in [2.24, 2.45) is 0 Å². The maximum absolute atomic E-state index is 5.87. The van der Waals surface area contributed by atoms with Crippen LogP contribution in [0.4, 0.5) is 5.82 Å². The van der Waals surface area contributed by atoms with Gasteiger partial charge in [-0.3, -0.25) is 5.73 Å². The Labute approximate surface area is 78.7 Å². The summed E-state index contributed by atoms with van der Waals surface area (Å²) < 4.78 is 2.05. The molecule has 2 N–H and O–H groups in total. The Morgan fingerprint density at radius 3 is 2.62 bits per heavy atom. The molecule has 3 nitrogen and oxygen atoms in total. The third-order valence-corrected chi connectivity index (χ3v) is 2.51. The molecule has 1 aromatic heterocycles. The van der Waals surface area contributed by atoms with Gasteiger partial charge in [-0.05, 0) is 25.3 Å². The molecule has 1 saturated heterocycles. The first-order chi connectivity index (χ1) is 6.38. The molecule has 0 aliphatic carbocycles. The average Bonchev–Trinajstić information content (AvgIpc) is 2.20. The van der Waals surface area contributed by atoms with Crippen molar-refractivity contribution in [3.63, 3.8) is 0 Å². The summed E-state index contributed by atoms with van der Waals surface area (Å²) in [5, 5.41) is 2.30. The van der Waals surface area contributed by atoms with Gasteiger partial charge in [0.1, 0.15) is 6.20 Å². The molecule has 70 valence electrons. The van der Waals surface area contributed by atoms with Crippen molar-refractivity contribution in [2.45, 2.75) is 19.3 Å². The Hall–Kier alpha value is -1.25. The van der Waals surface area contributed by atoms with E-state index in [1.54, 1.807) is 0 Å². The van der Waals surface area contributed by atoms with Gasteiger partial charge in [-0.25, -0.2) is 5.01 Å². The highest BCUT2D eigenvalue weighted by Gasteiger charge is 2.15. The zero-order valence-electron chi connectivity index (χ0n) is 7.82. The number of nitrogen functional groups attached to an aromatic ring is 1. The zero-order valence-corrected chi connectivity index (χ0v) is 7.82. The van der Waals surface area contributed by atoms with Crippen molar-refractivity contribution in [2.75, 3.05) is 23.8 Å². The fourth-order valence-corrected chi connectivity index (χ4v) is 1.80. The van der Waals surface area contributed by atoms with Crippen molar-refractivity contribution < 1.29 is 4.68 Å². The summed E-state index contributed by atoms with van der Waals surface area (Å²) in [6, 6.07) is 5.93. The highest BCUT2D eigenvalue weighted by Crippen LogP contribution is 2.05. The monoisotopic (exact) mass is 178 g/mol. The molecule has 0 aromatic carbocycles. The number of nitrogens with two attached hydrogens (primary N) is 1. The van der Waals surface area contributed by atoms with Gasteiger partial charge in [-0.15, -0.1) is 4.68 Å². The van der Waals surface area contributed by atoms with E-state index in [1.165, 1.54) is 19.3 Å². The van der Waals surface area contributed by atoms with Crippen molar-refractivity contribution in [1.82, 2.24) is 0 Å². The lowest BCUT2D eigenvalue weighted by Crippen LogP contribution is -2.60. The molecule has 0 bridgehead atoms. The van der Waals surface area contributed by atoms with E-state index in [1.807, 2.05) is 24.4 Å². The molecule has 1 fully saturated rings. The summed E-state index contributed by atoms with van der Waals surface area (Å²) in [5.41, 5.74) is 5.87. The quantitative estimate of drug-likeness (QED) is 0.641. The van der Waals surface area contributed by atoms with Gasteiger partial charge < -0.3 is 0 Å². The fraction of sp³-hybridized carbons (Fsp3) is 0.500. The third kappa shape index (κ3) is 1.74. The molecule has 3 heteroatoms. The summed E-state index contributed by atoms with van der Waals surface area (Å²) >= 11 is 0. The van der Waals surface area contributed by atoms with Crippen LogP contribution in [-0.4, -0.2) is 13.1 Å². The van der Waals surface area contributed by atoms with Crippen molar-refractivity contribution in [3.8, 4) is 0 Å². The van der Waals surface area contributed by atoms with E-state index in [-0.39, 0.29) is 0 Å². The molecule has 1 aliphatic rings. The fourth-order valence-electron chi connectivity index (χ4n) is 1.80. The van der Waals surface area contributed by atoms with Gasteiger partial charge in [-0.2, -0.15) is 0 Å². The van der Waals surface area contributed by atoms with Gasteiger partial charge in [0.15, 0.2) is 0 Å². The normalized spacial score (nSPS) is 17.4. The molecular formula is C10H16N3+. The Morgan fingerprint density at radius 1 is 1.15 bits per heavy atom. The van der Waals surface area contributed by atoms with Crippen LogP contribution in [0.3, 0.4) is 0 Å². The highest BCUT2D eigenvalue weighted by molar-refractivity contribution is 5.19. The molecule has 0 amide bonds. The minimum atomic E-state index is 0.824. The predicted octanol–water partition coefficient (Wildman–Crippen LogP) is 0.678. The van der Waals surface area contributed by atoms with E-state index in [0.717, 1.165) is 18.9 Å². The number of hydrogen-bond donors (Lipinski definition) is 1. The molecule has 0 atom stereocenters. The van der Waals surface area contributed by atoms with Crippen LogP contribution < -0.4 is 15.4 Å². The van der Waals surface area contributed by atoms with E-state index >= 15 is 0 Å². The lowest BCUT2D eigenvalue weighted by atomic mass is 10.2. The first-order valence-corrected chi connectivity index (χ1v) is 4.89. The first-order valence-electron chi connectivity index (χ1n) is 4.89. The maximum Gasteiger partial charge on any atom is 0.295 e. The number of anilines is 1. The number of hydrogen-bond acceptors (Lipinski definition) is 2. The van der Waals surface area contributed by atoms with Gasteiger partial charge in [0.25, 0.3) is 5.82 Å². The highest BCUT2D eigenvalue weighted by atomic mass is 15.6. The van der Waals surface area contributed by atoms with E-state index < -0.39 is 0 Å². The van der Waals surface area contributed by atoms with Crippen molar-refractivity contribution in [1.29, 1.82) is 0 Å². The smallest absolute Gasteiger partial charge is 0.285 e. The topological polar surface area (TPSA) is 33.1 Å².